The van der Waals surface area contributed by atoms with Crippen molar-refractivity contribution in [3.8, 4) is 0 Å². The summed E-state index contributed by atoms with van der Waals surface area (Å²) in [6.07, 6.45) is 1.95. The summed E-state index contributed by atoms with van der Waals surface area (Å²) in [5, 5.41) is 2.32. The fourth-order valence-corrected chi connectivity index (χ4v) is 0.623. The van der Waals surface area contributed by atoms with Gasteiger partial charge in [0.2, 0.25) is 0 Å². The van der Waals surface area contributed by atoms with Gasteiger partial charge < -0.3 is 17.7 Å². The number of quaternary nitrogens is 1. The highest BCUT2D eigenvalue weighted by atomic mass is 35.5. The van der Waals surface area contributed by atoms with Crippen LogP contribution in [-0.2, 0) is 0 Å². The molecule has 0 aliphatic carbocycles. The van der Waals surface area contributed by atoms with Crippen LogP contribution in [-0.4, -0.2) is 12.1 Å². The first kappa shape index (κ1) is 13.6. The van der Waals surface area contributed by atoms with Gasteiger partial charge in [-0.25, -0.2) is 0 Å². The molecule has 0 radical (unpaired) electrons. The minimum Gasteiger partial charge on any atom is -1.00 e. The largest absolute Gasteiger partial charge is 1.00 e. The number of halogens is 1. The van der Waals surface area contributed by atoms with E-state index >= 15 is 0 Å². The molecule has 0 amide bonds. The van der Waals surface area contributed by atoms with E-state index in [4.69, 9.17) is 0 Å². The highest BCUT2D eigenvalue weighted by Crippen LogP contribution is 2.08. The molecule has 0 aliphatic heterocycles. The van der Waals surface area contributed by atoms with Gasteiger partial charge in [0.1, 0.15) is 0 Å². The summed E-state index contributed by atoms with van der Waals surface area (Å²) in [4.78, 5) is 0. The molecule has 1 nitrogen and oxygen atoms in total. The summed E-state index contributed by atoms with van der Waals surface area (Å²) in [6, 6.07) is 0. The lowest BCUT2D eigenvalue weighted by atomic mass is 9.91. The first-order valence-electron chi connectivity index (χ1n) is 3.96. The van der Waals surface area contributed by atoms with Gasteiger partial charge in [-0.3, -0.25) is 0 Å². The van der Waals surface area contributed by atoms with Crippen molar-refractivity contribution in [2.24, 2.45) is 5.92 Å². The zero-order valence-corrected chi connectivity index (χ0v) is 8.78. The molecule has 0 bridgehead atoms. The van der Waals surface area contributed by atoms with Crippen LogP contribution in [0, 0.1) is 5.92 Å². The molecule has 0 rings (SSSR count). The summed E-state index contributed by atoms with van der Waals surface area (Å²) in [7, 11) is 0. The zero-order valence-electron chi connectivity index (χ0n) is 8.02. The van der Waals surface area contributed by atoms with Crippen LogP contribution in [0.1, 0.15) is 27.7 Å². The lowest BCUT2D eigenvalue weighted by molar-refractivity contribution is -0.719. The zero-order chi connectivity index (χ0) is 8.20. The Morgan fingerprint density at radius 1 is 1.45 bits per heavy atom. The summed E-state index contributed by atoms with van der Waals surface area (Å²) < 4.78 is 0. The number of rotatable bonds is 4. The van der Waals surface area contributed by atoms with Crippen molar-refractivity contribution in [1.29, 1.82) is 0 Å². The maximum Gasteiger partial charge on any atom is 0.0943 e. The van der Waals surface area contributed by atoms with E-state index in [0.717, 1.165) is 6.54 Å². The molecule has 2 heteroatoms. The van der Waals surface area contributed by atoms with E-state index in [2.05, 4.69) is 39.6 Å². The Hall–Kier alpha value is -0.0100. The second kappa shape index (κ2) is 5.62. The Morgan fingerprint density at radius 2 is 1.91 bits per heavy atom. The van der Waals surface area contributed by atoms with Crippen molar-refractivity contribution in [1.82, 2.24) is 0 Å². The predicted octanol–water partition coefficient (Wildman–Crippen LogP) is -1.83. The van der Waals surface area contributed by atoms with E-state index in [1.54, 1.807) is 0 Å². The molecule has 0 aromatic carbocycles. The highest BCUT2D eigenvalue weighted by Gasteiger charge is 2.24. The minimum absolute atomic E-state index is 0. The lowest BCUT2D eigenvalue weighted by Crippen LogP contribution is -3.00. The van der Waals surface area contributed by atoms with Crippen molar-refractivity contribution in [3.05, 3.63) is 12.7 Å². The van der Waals surface area contributed by atoms with Gasteiger partial charge in [-0.15, -0.1) is 0 Å². The molecule has 0 spiro atoms. The van der Waals surface area contributed by atoms with Crippen molar-refractivity contribution < 1.29 is 17.7 Å². The molecule has 2 N–H and O–H groups in total. The molecule has 0 atom stereocenters. The van der Waals surface area contributed by atoms with E-state index in [0.29, 0.717) is 11.5 Å². The number of hydrogen-bond donors (Lipinski definition) is 1. The standard InChI is InChI=1S/C9H19N.ClH/c1-6-7-10-9(4,5)8(2)3;/h6,8,10H,1,7H2,2-5H3;1H. The van der Waals surface area contributed by atoms with Gasteiger partial charge in [-0.1, -0.05) is 20.4 Å². The van der Waals surface area contributed by atoms with E-state index < -0.39 is 0 Å². The molecule has 0 aromatic rings. The maximum absolute atomic E-state index is 3.69. The number of nitrogens with two attached hydrogens (primary N) is 1. The quantitative estimate of drug-likeness (QED) is 0.487. The molecule has 68 valence electrons. The van der Waals surface area contributed by atoms with Crippen molar-refractivity contribution in [2.45, 2.75) is 33.2 Å². The Morgan fingerprint density at radius 3 is 2.18 bits per heavy atom. The Bertz CT molecular complexity index is 108. The average molecular weight is 178 g/mol. The first-order valence-corrected chi connectivity index (χ1v) is 3.96. The van der Waals surface area contributed by atoms with Crippen LogP contribution in [0.15, 0.2) is 12.7 Å². The molecule has 0 aromatic heterocycles. The third-order valence-corrected chi connectivity index (χ3v) is 2.30. The van der Waals surface area contributed by atoms with Crippen LogP contribution in [0.3, 0.4) is 0 Å². The number of hydrogen-bond acceptors (Lipinski definition) is 0. The van der Waals surface area contributed by atoms with Crippen LogP contribution in [0.2, 0.25) is 0 Å². The highest BCUT2D eigenvalue weighted by molar-refractivity contribution is 4.70. The van der Waals surface area contributed by atoms with Crippen LogP contribution in [0.5, 0.6) is 0 Å². The molecule has 0 fully saturated rings. The van der Waals surface area contributed by atoms with Crippen LogP contribution >= 0.6 is 0 Å². The van der Waals surface area contributed by atoms with Crippen molar-refractivity contribution in [3.63, 3.8) is 0 Å². The van der Waals surface area contributed by atoms with E-state index in [1.807, 2.05) is 6.08 Å². The van der Waals surface area contributed by atoms with E-state index in [9.17, 15) is 0 Å². The Kier molecular flexibility index (Phi) is 6.93. The summed E-state index contributed by atoms with van der Waals surface area (Å²) in [5.41, 5.74) is 0.355. The lowest BCUT2D eigenvalue weighted by Gasteiger charge is -2.26. The molecule has 0 unspecified atom stereocenters. The van der Waals surface area contributed by atoms with Gasteiger partial charge in [-0.05, 0) is 19.9 Å². The van der Waals surface area contributed by atoms with Crippen LogP contribution < -0.4 is 17.7 Å². The molecule has 11 heavy (non-hydrogen) atoms. The monoisotopic (exact) mass is 177 g/mol. The Labute approximate surface area is 76.7 Å². The first-order chi connectivity index (χ1) is 4.50. The fourth-order valence-electron chi connectivity index (χ4n) is 0.623. The fraction of sp³-hybridized carbons (Fsp3) is 0.778. The molecule has 0 aliphatic rings. The van der Waals surface area contributed by atoms with Crippen LogP contribution in [0.25, 0.3) is 0 Å². The van der Waals surface area contributed by atoms with Crippen molar-refractivity contribution in [2.75, 3.05) is 6.54 Å². The molecule has 0 saturated carbocycles. The van der Waals surface area contributed by atoms with Gasteiger partial charge in [0.15, 0.2) is 0 Å². The van der Waals surface area contributed by atoms with E-state index in [1.165, 1.54) is 0 Å². The normalized spacial score (nSPS) is 11.0. The predicted molar refractivity (Wildman–Crippen MR) is 45.9 cm³/mol. The van der Waals surface area contributed by atoms with Gasteiger partial charge in [-0.2, -0.15) is 0 Å². The minimum atomic E-state index is 0. The third kappa shape index (κ3) is 5.28. The second-order valence-corrected chi connectivity index (χ2v) is 3.70. The van der Waals surface area contributed by atoms with Gasteiger partial charge >= 0.3 is 0 Å². The smallest absolute Gasteiger partial charge is 0.0943 e. The molecule has 0 saturated heterocycles. The van der Waals surface area contributed by atoms with Gasteiger partial charge in [0.25, 0.3) is 0 Å². The second-order valence-electron chi connectivity index (χ2n) is 3.70. The maximum atomic E-state index is 3.69. The van der Waals surface area contributed by atoms with Crippen LogP contribution in [0.4, 0.5) is 0 Å². The average Bonchev–Trinajstić information content (AvgIpc) is 1.84. The topological polar surface area (TPSA) is 16.6 Å². The van der Waals surface area contributed by atoms with E-state index in [-0.39, 0.29) is 12.4 Å². The SMILES string of the molecule is C=CC[NH2+]C(C)(C)C(C)C.[Cl-]. The van der Waals surface area contributed by atoms with Gasteiger partial charge in [0.05, 0.1) is 12.1 Å². The van der Waals surface area contributed by atoms with Gasteiger partial charge in [0, 0.05) is 5.92 Å². The molecular formula is C9H20ClN. The third-order valence-electron chi connectivity index (χ3n) is 2.30. The molecule has 0 heterocycles. The summed E-state index contributed by atoms with van der Waals surface area (Å²) in [5.74, 6) is 0.715. The summed E-state index contributed by atoms with van der Waals surface area (Å²) in [6.45, 7) is 13.7. The van der Waals surface area contributed by atoms with Crippen molar-refractivity contribution >= 4 is 0 Å². The Balaban J connectivity index is 0. The molecular weight excluding hydrogens is 158 g/mol. The summed E-state index contributed by atoms with van der Waals surface area (Å²) >= 11 is 0.